The number of hydrogen-bond donors (Lipinski definition) is 0. The molecule has 0 aliphatic rings. The summed E-state index contributed by atoms with van der Waals surface area (Å²) in [6, 6.07) is 0. The van der Waals surface area contributed by atoms with E-state index in [0.29, 0.717) is 19.4 Å². The first-order valence-corrected chi connectivity index (χ1v) is 17.7. The molecule has 0 aromatic heterocycles. The fourth-order valence-electron chi connectivity index (χ4n) is 5.25. The summed E-state index contributed by atoms with van der Waals surface area (Å²) < 4.78 is 10.8. The minimum atomic E-state index is -0.361. The van der Waals surface area contributed by atoms with Crippen LogP contribution in [0.25, 0.3) is 0 Å². The summed E-state index contributed by atoms with van der Waals surface area (Å²) in [4.78, 5) is 23.6. The van der Waals surface area contributed by atoms with E-state index in [1.165, 1.54) is 141 Å². The van der Waals surface area contributed by atoms with E-state index >= 15 is 0 Å². The summed E-state index contributed by atoms with van der Waals surface area (Å²) in [6.07, 6.45) is 34.5. The van der Waals surface area contributed by atoms with Crippen LogP contribution < -0.4 is 0 Å². The second-order valence-electron chi connectivity index (χ2n) is 13.1. The van der Waals surface area contributed by atoms with E-state index in [-0.39, 0.29) is 17.5 Å². The van der Waals surface area contributed by atoms with Gasteiger partial charge in [-0.3, -0.25) is 9.59 Å². The highest BCUT2D eigenvalue weighted by molar-refractivity contribution is 5.69. The minimum Gasteiger partial charge on any atom is -0.466 e. The van der Waals surface area contributed by atoms with Crippen molar-refractivity contribution in [3.63, 3.8) is 0 Å². The molecule has 0 spiro atoms. The van der Waals surface area contributed by atoms with Crippen molar-refractivity contribution in [1.29, 1.82) is 0 Å². The van der Waals surface area contributed by atoms with Crippen molar-refractivity contribution < 1.29 is 19.1 Å². The van der Waals surface area contributed by atoms with Crippen molar-refractivity contribution in [1.82, 2.24) is 0 Å². The largest absolute Gasteiger partial charge is 0.466 e. The van der Waals surface area contributed by atoms with Gasteiger partial charge in [0.1, 0.15) is 5.60 Å². The van der Waals surface area contributed by atoms with Gasteiger partial charge >= 0.3 is 11.9 Å². The van der Waals surface area contributed by atoms with Gasteiger partial charge in [0.25, 0.3) is 0 Å². The highest BCUT2D eigenvalue weighted by Crippen LogP contribution is 2.16. The maximum atomic E-state index is 11.9. The minimum absolute atomic E-state index is 0.00845. The molecule has 0 atom stereocenters. The number of ether oxygens (including phenoxy) is 2. The van der Waals surface area contributed by atoms with Gasteiger partial charge in [0, 0.05) is 12.8 Å². The van der Waals surface area contributed by atoms with Crippen molar-refractivity contribution in [3.05, 3.63) is 0 Å². The van der Waals surface area contributed by atoms with Crippen LogP contribution in [0.5, 0.6) is 0 Å². The van der Waals surface area contributed by atoms with Crippen LogP contribution in [0.1, 0.15) is 207 Å². The molecule has 0 aromatic carbocycles. The molecule has 0 radical (unpaired) electrons. The van der Waals surface area contributed by atoms with Crippen LogP contribution in [0.15, 0.2) is 0 Å². The molecule has 0 aliphatic heterocycles. The second kappa shape index (κ2) is 29.4. The molecule has 0 N–H and O–H groups in total. The van der Waals surface area contributed by atoms with Crippen molar-refractivity contribution in [3.8, 4) is 0 Å². The van der Waals surface area contributed by atoms with Crippen LogP contribution in [-0.4, -0.2) is 24.1 Å². The van der Waals surface area contributed by atoms with E-state index < -0.39 is 0 Å². The third kappa shape index (κ3) is 33.1. The lowest BCUT2D eigenvalue weighted by atomic mass is 10.0. The number of carbonyl (C=O) groups excluding carboxylic acids is 2. The quantitative estimate of drug-likeness (QED) is 0.0641. The number of carbonyl (C=O) groups is 2. The molecule has 0 saturated carbocycles. The van der Waals surface area contributed by atoms with Gasteiger partial charge in [-0.2, -0.15) is 0 Å². The molecule has 40 heavy (non-hydrogen) atoms. The third-order valence-electron chi connectivity index (χ3n) is 7.69. The molecular weight excluding hydrogens is 496 g/mol. The topological polar surface area (TPSA) is 52.6 Å². The Balaban J connectivity index is 3.20. The molecule has 0 bridgehead atoms. The van der Waals surface area contributed by atoms with Gasteiger partial charge in [0.15, 0.2) is 0 Å². The maximum Gasteiger partial charge on any atom is 0.306 e. The monoisotopic (exact) mass is 567 g/mol. The van der Waals surface area contributed by atoms with E-state index in [1.807, 2.05) is 20.8 Å². The van der Waals surface area contributed by atoms with Gasteiger partial charge in [0.05, 0.1) is 6.61 Å². The number of esters is 2. The molecule has 0 fully saturated rings. The van der Waals surface area contributed by atoms with E-state index in [9.17, 15) is 9.59 Å². The van der Waals surface area contributed by atoms with Gasteiger partial charge in [-0.05, 0) is 40.0 Å². The zero-order chi connectivity index (χ0) is 29.6. The third-order valence-corrected chi connectivity index (χ3v) is 7.69. The van der Waals surface area contributed by atoms with E-state index in [2.05, 4.69) is 6.92 Å². The van der Waals surface area contributed by atoms with Crippen LogP contribution in [0.2, 0.25) is 0 Å². The molecule has 0 rings (SSSR count). The van der Waals surface area contributed by atoms with E-state index in [0.717, 1.165) is 25.7 Å². The lowest BCUT2D eigenvalue weighted by molar-refractivity contribution is -0.155. The molecule has 4 nitrogen and oxygen atoms in total. The van der Waals surface area contributed by atoms with Crippen molar-refractivity contribution in [2.24, 2.45) is 0 Å². The van der Waals surface area contributed by atoms with Crippen molar-refractivity contribution in [2.45, 2.75) is 213 Å². The molecule has 0 aromatic rings. The molecule has 0 aliphatic carbocycles. The first kappa shape index (κ1) is 38.9. The fraction of sp³-hybridized carbons (Fsp3) is 0.944. The Hall–Kier alpha value is -1.06. The average Bonchev–Trinajstić information content (AvgIpc) is 2.90. The summed E-state index contributed by atoms with van der Waals surface area (Å²) in [5.74, 6) is -0.0488. The van der Waals surface area contributed by atoms with Crippen LogP contribution in [0, 0.1) is 0 Å². The summed E-state index contributed by atoms with van der Waals surface area (Å²) in [7, 11) is 0. The highest BCUT2D eigenvalue weighted by Gasteiger charge is 2.15. The van der Waals surface area contributed by atoms with Crippen molar-refractivity contribution >= 4 is 11.9 Å². The SMILES string of the molecule is CCCCCCCCCCCCCC(=O)OCCCCCCCCCCCCCCCCCC(=O)OC(C)(C)C. The maximum absolute atomic E-state index is 11.9. The molecule has 0 amide bonds. The van der Waals surface area contributed by atoms with Gasteiger partial charge in [-0.15, -0.1) is 0 Å². The number of rotatable bonds is 30. The highest BCUT2D eigenvalue weighted by atomic mass is 16.6. The van der Waals surface area contributed by atoms with E-state index in [4.69, 9.17) is 9.47 Å². The molecule has 0 saturated heterocycles. The predicted octanol–water partition coefficient (Wildman–Crippen LogP) is 11.8. The smallest absolute Gasteiger partial charge is 0.306 e. The Morgan fingerprint density at radius 3 is 1.07 bits per heavy atom. The Labute approximate surface area is 250 Å². The number of hydrogen-bond acceptors (Lipinski definition) is 4. The first-order chi connectivity index (χ1) is 19.3. The zero-order valence-corrected chi connectivity index (χ0v) is 27.6. The van der Waals surface area contributed by atoms with Crippen LogP contribution in [0.3, 0.4) is 0 Å². The van der Waals surface area contributed by atoms with Crippen LogP contribution in [0.4, 0.5) is 0 Å². The normalized spacial score (nSPS) is 11.6. The Bertz CT molecular complexity index is 551. The second-order valence-corrected chi connectivity index (χ2v) is 13.1. The van der Waals surface area contributed by atoms with Gasteiger partial charge < -0.3 is 9.47 Å². The number of unbranched alkanes of at least 4 members (excludes halogenated alkanes) is 24. The molecular formula is C36H70O4. The van der Waals surface area contributed by atoms with Crippen LogP contribution in [-0.2, 0) is 19.1 Å². The summed E-state index contributed by atoms with van der Waals surface area (Å²) in [5.41, 5.74) is -0.361. The van der Waals surface area contributed by atoms with Gasteiger partial charge in [0.2, 0.25) is 0 Å². The van der Waals surface area contributed by atoms with Gasteiger partial charge in [-0.1, -0.05) is 155 Å². The Kier molecular flexibility index (Phi) is 28.7. The molecule has 238 valence electrons. The average molecular weight is 567 g/mol. The Morgan fingerprint density at radius 2 is 0.725 bits per heavy atom. The molecule has 0 unspecified atom stereocenters. The molecule has 4 heteroatoms. The van der Waals surface area contributed by atoms with Crippen molar-refractivity contribution in [2.75, 3.05) is 6.61 Å². The fourth-order valence-corrected chi connectivity index (χ4v) is 5.25. The summed E-state index contributed by atoms with van der Waals surface area (Å²) in [6.45, 7) is 8.66. The zero-order valence-electron chi connectivity index (χ0n) is 27.6. The lowest BCUT2D eigenvalue weighted by Crippen LogP contribution is -2.23. The predicted molar refractivity (Wildman–Crippen MR) is 172 cm³/mol. The standard InChI is InChI=1S/C36H70O4/c1-5-6-7-8-9-10-16-19-22-25-28-31-34(37)39-33-30-27-24-21-18-15-13-11-12-14-17-20-23-26-29-32-35(38)40-36(2,3)4/h5-33H2,1-4H3. The summed E-state index contributed by atoms with van der Waals surface area (Å²) >= 11 is 0. The summed E-state index contributed by atoms with van der Waals surface area (Å²) in [5, 5.41) is 0. The Morgan fingerprint density at radius 1 is 0.425 bits per heavy atom. The lowest BCUT2D eigenvalue weighted by Gasteiger charge is -2.19. The first-order valence-electron chi connectivity index (χ1n) is 17.7. The van der Waals surface area contributed by atoms with Gasteiger partial charge in [-0.25, -0.2) is 0 Å². The molecule has 0 heterocycles. The van der Waals surface area contributed by atoms with E-state index in [1.54, 1.807) is 0 Å². The van der Waals surface area contributed by atoms with Crippen LogP contribution >= 0.6 is 0 Å².